The van der Waals surface area contributed by atoms with Gasteiger partial charge in [0.25, 0.3) is 0 Å². The molecule has 0 saturated carbocycles. The summed E-state index contributed by atoms with van der Waals surface area (Å²) in [5.41, 5.74) is 0. The summed E-state index contributed by atoms with van der Waals surface area (Å²) < 4.78 is 5.37. The van der Waals surface area contributed by atoms with Gasteiger partial charge >= 0.3 is 0 Å². The smallest absolute Gasteiger partial charge is 0.243 e. The van der Waals surface area contributed by atoms with Gasteiger partial charge in [0.15, 0.2) is 5.82 Å². The van der Waals surface area contributed by atoms with Crippen LogP contribution in [0.3, 0.4) is 0 Å². The van der Waals surface area contributed by atoms with E-state index in [9.17, 15) is 0 Å². The van der Waals surface area contributed by atoms with Gasteiger partial charge in [0.05, 0.1) is 6.04 Å². The lowest BCUT2D eigenvalue weighted by atomic mass is 9.99. The molecule has 0 N–H and O–H groups in total. The van der Waals surface area contributed by atoms with Gasteiger partial charge in [-0.25, -0.2) is 0 Å². The number of rotatable bonds is 3. The zero-order chi connectivity index (χ0) is 12.4. The Morgan fingerprint density at radius 3 is 2.71 bits per heavy atom. The molecule has 0 radical (unpaired) electrons. The second kappa shape index (κ2) is 5.17. The first kappa shape index (κ1) is 12.6. The molecule has 1 fully saturated rings. The van der Waals surface area contributed by atoms with Crippen LogP contribution in [0.2, 0.25) is 0 Å². The summed E-state index contributed by atoms with van der Waals surface area (Å²) in [4.78, 5) is 6.94. The van der Waals surface area contributed by atoms with Crippen molar-refractivity contribution >= 4 is 0 Å². The first-order valence-corrected chi connectivity index (χ1v) is 6.65. The lowest BCUT2D eigenvalue weighted by Crippen LogP contribution is -2.36. The highest BCUT2D eigenvalue weighted by Crippen LogP contribution is 2.26. The minimum absolute atomic E-state index is 0.248. The van der Waals surface area contributed by atoms with E-state index in [4.69, 9.17) is 4.52 Å². The van der Waals surface area contributed by atoms with Crippen molar-refractivity contribution in [3.8, 4) is 0 Å². The molecule has 1 aromatic rings. The Hall–Kier alpha value is -0.900. The molecule has 0 aliphatic carbocycles. The molecule has 0 aromatic carbocycles. The SMILES string of the molecule is CC(C)c1noc([C@@H](C)N2CCC[C@@H](C)C2)n1. The Morgan fingerprint density at radius 1 is 1.35 bits per heavy atom. The number of hydrogen-bond donors (Lipinski definition) is 0. The lowest BCUT2D eigenvalue weighted by Gasteiger charge is -2.33. The molecule has 2 rings (SSSR count). The zero-order valence-corrected chi connectivity index (χ0v) is 11.3. The number of hydrogen-bond acceptors (Lipinski definition) is 4. The van der Waals surface area contributed by atoms with E-state index >= 15 is 0 Å². The molecule has 1 saturated heterocycles. The van der Waals surface area contributed by atoms with Crippen molar-refractivity contribution in [2.75, 3.05) is 13.1 Å². The van der Waals surface area contributed by atoms with E-state index in [0.29, 0.717) is 5.92 Å². The molecule has 4 nitrogen and oxygen atoms in total. The Morgan fingerprint density at radius 2 is 2.12 bits per heavy atom. The quantitative estimate of drug-likeness (QED) is 0.810. The Labute approximate surface area is 103 Å². The normalized spacial score (nSPS) is 24.2. The van der Waals surface area contributed by atoms with Crippen molar-refractivity contribution in [2.24, 2.45) is 5.92 Å². The van der Waals surface area contributed by atoms with Crippen LogP contribution in [0.15, 0.2) is 4.52 Å². The van der Waals surface area contributed by atoms with Crippen LogP contribution in [0.5, 0.6) is 0 Å². The van der Waals surface area contributed by atoms with Crippen LogP contribution in [-0.2, 0) is 0 Å². The second-order valence-electron chi connectivity index (χ2n) is 5.56. The number of likely N-dealkylation sites (tertiary alicyclic amines) is 1. The fraction of sp³-hybridized carbons (Fsp3) is 0.846. The molecule has 1 aliphatic heterocycles. The van der Waals surface area contributed by atoms with E-state index in [2.05, 4.69) is 42.7 Å². The second-order valence-corrected chi connectivity index (χ2v) is 5.56. The number of piperidine rings is 1. The first-order chi connectivity index (χ1) is 8.08. The third-order valence-corrected chi connectivity index (χ3v) is 3.57. The van der Waals surface area contributed by atoms with Crippen LogP contribution in [0.4, 0.5) is 0 Å². The van der Waals surface area contributed by atoms with Gasteiger partial charge in [0.1, 0.15) is 0 Å². The van der Waals surface area contributed by atoms with Crippen LogP contribution in [-0.4, -0.2) is 28.1 Å². The Balaban J connectivity index is 2.04. The molecule has 2 atom stereocenters. The molecule has 96 valence electrons. The fourth-order valence-corrected chi connectivity index (χ4v) is 2.39. The molecule has 0 amide bonds. The van der Waals surface area contributed by atoms with E-state index in [1.807, 2.05) is 0 Å². The van der Waals surface area contributed by atoms with Gasteiger partial charge in [-0.15, -0.1) is 0 Å². The van der Waals surface area contributed by atoms with Crippen molar-refractivity contribution in [2.45, 2.75) is 52.5 Å². The highest BCUT2D eigenvalue weighted by Gasteiger charge is 2.25. The third kappa shape index (κ3) is 2.86. The van der Waals surface area contributed by atoms with Gasteiger partial charge in [-0.1, -0.05) is 25.9 Å². The molecular formula is C13H23N3O. The van der Waals surface area contributed by atoms with Crippen molar-refractivity contribution in [1.29, 1.82) is 0 Å². The third-order valence-electron chi connectivity index (χ3n) is 3.57. The maximum absolute atomic E-state index is 5.37. The Bertz CT molecular complexity index is 361. The van der Waals surface area contributed by atoms with E-state index in [-0.39, 0.29) is 6.04 Å². The molecule has 4 heteroatoms. The first-order valence-electron chi connectivity index (χ1n) is 6.65. The van der Waals surface area contributed by atoms with Crippen molar-refractivity contribution in [1.82, 2.24) is 15.0 Å². The van der Waals surface area contributed by atoms with Crippen LogP contribution in [0.1, 0.15) is 64.2 Å². The fourth-order valence-electron chi connectivity index (χ4n) is 2.39. The van der Waals surface area contributed by atoms with Crippen molar-refractivity contribution in [3.63, 3.8) is 0 Å². The number of aromatic nitrogens is 2. The zero-order valence-electron chi connectivity index (χ0n) is 11.3. The van der Waals surface area contributed by atoms with E-state index in [1.165, 1.54) is 12.8 Å². The van der Waals surface area contributed by atoms with Crippen LogP contribution < -0.4 is 0 Å². The molecule has 17 heavy (non-hydrogen) atoms. The van der Waals surface area contributed by atoms with Gasteiger partial charge in [-0.05, 0) is 32.2 Å². The summed E-state index contributed by atoms with van der Waals surface area (Å²) in [6.07, 6.45) is 2.61. The average Bonchev–Trinajstić information content (AvgIpc) is 2.77. The summed E-state index contributed by atoms with van der Waals surface area (Å²) in [5, 5.41) is 4.04. The van der Waals surface area contributed by atoms with Gasteiger partial charge < -0.3 is 4.52 Å². The summed E-state index contributed by atoms with van der Waals surface area (Å²) in [6.45, 7) is 10.9. The summed E-state index contributed by atoms with van der Waals surface area (Å²) in [7, 11) is 0. The highest BCUT2D eigenvalue weighted by molar-refractivity contribution is 4.96. The maximum Gasteiger partial charge on any atom is 0.243 e. The molecule has 1 aliphatic rings. The summed E-state index contributed by atoms with van der Waals surface area (Å²) in [6, 6.07) is 0.248. The minimum Gasteiger partial charge on any atom is -0.338 e. The predicted octanol–water partition coefficient (Wildman–Crippen LogP) is 2.99. The average molecular weight is 237 g/mol. The number of nitrogens with zero attached hydrogens (tertiary/aromatic N) is 3. The molecule has 1 aromatic heterocycles. The van der Waals surface area contributed by atoms with Gasteiger partial charge in [-0.3, -0.25) is 4.90 Å². The summed E-state index contributed by atoms with van der Waals surface area (Å²) >= 11 is 0. The van der Waals surface area contributed by atoms with Crippen LogP contribution in [0.25, 0.3) is 0 Å². The Kier molecular flexibility index (Phi) is 3.82. The largest absolute Gasteiger partial charge is 0.338 e. The predicted molar refractivity (Wildman–Crippen MR) is 66.8 cm³/mol. The highest BCUT2D eigenvalue weighted by atomic mass is 16.5. The van der Waals surface area contributed by atoms with Crippen molar-refractivity contribution in [3.05, 3.63) is 11.7 Å². The summed E-state index contributed by atoms with van der Waals surface area (Å²) in [5.74, 6) is 2.69. The van der Waals surface area contributed by atoms with Crippen LogP contribution in [0, 0.1) is 5.92 Å². The molecule has 2 heterocycles. The lowest BCUT2D eigenvalue weighted by molar-refractivity contribution is 0.117. The molecule has 0 unspecified atom stereocenters. The van der Waals surface area contributed by atoms with E-state index in [1.54, 1.807) is 0 Å². The van der Waals surface area contributed by atoms with E-state index < -0.39 is 0 Å². The maximum atomic E-state index is 5.37. The minimum atomic E-state index is 0.248. The van der Waals surface area contributed by atoms with Gasteiger partial charge in [-0.2, -0.15) is 4.98 Å². The van der Waals surface area contributed by atoms with Crippen molar-refractivity contribution < 1.29 is 4.52 Å². The monoisotopic (exact) mass is 237 g/mol. The van der Waals surface area contributed by atoms with Crippen LogP contribution >= 0.6 is 0 Å². The molecule has 0 spiro atoms. The standard InChI is InChI=1S/C13H23N3O/c1-9(2)12-14-13(17-15-12)11(4)16-7-5-6-10(3)8-16/h9-11H,5-8H2,1-4H3/t10-,11-/m1/s1. The van der Waals surface area contributed by atoms with E-state index in [0.717, 1.165) is 30.7 Å². The van der Waals surface area contributed by atoms with Gasteiger partial charge in [0.2, 0.25) is 5.89 Å². The van der Waals surface area contributed by atoms with Gasteiger partial charge in [0, 0.05) is 12.5 Å². The molecule has 0 bridgehead atoms. The molecular weight excluding hydrogens is 214 g/mol. The topological polar surface area (TPSA) is 42.2 Å².